The molecule has 2 aromatic rings. The average Bonchev–Trinajstić information content (AvgIpc) is 3.07. The van der Waals surface area contributed by atoms with E-state index in [1.807, 2.05) is 24.3 Å². The minimum Gasteiger partial charge on any atom is -0.393 e. The minimum atomic E-state index is -0.429. The molecule has 0 spiro atoms. The number of piperidine rings is 1. The lowest BCUT2D eigenvalue weighted by atomic mass is 9.56. The largest absolute Gasteiger partial charge is 0.393 e. The number of halogens is 2. The standard InChI is InChI=1S/C28H32Cl2N2O3/c1-16-25-24(17-3-6-19(29)7-4-17)22(9-12-28(25,2)27(35)31-16)21-8-5-18(15-23(21)30)26(34)32-13-10-20(33)11-14-32/h3-8,15-16,20,22,24-25,33H,9-14H2,1-2H3,(H,31,35)/t16-,22+,24+,25+,28-/m1/s1. The molecule has 5 atom stereocenters. The number of likely N-dealkylation sites (tertiary alicyclic amines) is 1. The number of hydrogen-bond acceptors (Lipinski definition) is 3. The predicted molar refractivity (Wildman–Crippen MR) is 138 cm³/mol. The van der Waals surface area contributed by atoms with E-state index in [1.165, 1.54) is 0 Å². The Bertz CT molecular complexity index is 1130. The molecule has 2 N–H and O–H groups in total. The summed E-state index contributed by atoms with van der Waals surface area (Å²) in [6.45, 7) is 5.30. The van der Waals surface area contributed by atoms with E-state index in [0.717, 1.165) is 24.0 Å². The molecule has 2 aromatic carbocycles. The molecular weight excluding hydrogens is 483 g/mol. The third-order valence-corrected chi connectivity index (χ3v) is 9.18. The molecule has 3 aliphatic rings. The fraction of sp³-hybridized carbons (Fsp3) is 0.500. The van der Waals surface area contributed by atoms with E-state index >= 15 is 0 Å². The molecule has 0 aromatic heterocycles. The summed E-state index contributed by atoms with van der Waals surface area (Å²) >= 11 is 13.1. The number of fused-ring (bicyclic) bond motifs is 1. The highest BCUT2D eigenvalue weighted by atomic mass is 35.5. The molecule has 7 heteroatoms. The van der Waals surface area contributed by atoms with Gasteiger partial charge in [-0.15, -0.1) is 0 Å². The Kier molecular flexibility index (Phi) is 6.62. The van der Waals surface area contributed by atoms with Crippen LogP contribution in [0.2, 0.25) is 10.0 Å². The fourth-order valence-corrected chi connectivity index (χ4v) is 7.17. The van der Waals surface area contributed by atoms with Crippen molar-refractivity contribution in [3.63, 3.8) is 0 Å². The van der Waals surface area contributed by atoms with Gasteiger partial charge >= 0.3 is 0 Å². The second-order valence-electron chi connectivity index (χ2n) is 10.7. The first-order valence-electron chi connectivity index (χ1n) is 12.5. The monoisotopic (exact) mass is 514 g/mol. The van der Waals surface area contributed by atoms with Crippen LogP contribution in [0.3, 0.4) is 0 Å². The van der Waals surface area contributed by atoms with Crippen molar-refractivity contribution >= 4 is 35.0 Å². The fourth-order valence-electron chi connectivity index (χ4n) is 6.72. The van der Waals surface area contributed by atoms with Gasteiger partial charge in [-0.1, -0.05) is 48.3 Å². The van der Waals surface area contributed by atoms with Crippen LogP contribution in [0.15, 0.2) is 42.5 Å². The van der Waals surface area contributed by atoms with E-state index in [1.54, 1.807) is 11.0 Å². The molecule has 3 fully saturated rings. The number of nitrogens with one attached hydrogen (secondary N) is 1. The Hall–Kier alpha value is -2.08. The quantitative estimate of drug-likeness (QED) is 0.576. The molecule has 186 valence electrons. The zero-order valence-electron chi connectivity index (χ0n) is 20.1. The van der Waals surface area contributed by atoms with Gasteiger partial charge in [0.25, 0.3) is 5.91 Å². The topological polar surface area (TPSA) is 69.6 Å². The number of aliphatic hydroxyl groups is 1. The normalized spacial score (nSPS) is 31.2. The maximum absolute atomic E-state index is 13.1. The molecule has 2 saturated heterocycles. The number of carbonyl (C=O) groups excluding carboxylic acids is 2. The van der Waals surface area contributed by atoms with Gasteiger partial charge in [0.1, 0.15) is 0 Å². The summed E-state index contributed by atoms with van der Waals surface area (Å²) in [6, 6.07) is 13.7. The van der Waals surface area contributed by atoms with Gasteiger partial charge in [-0.25, -0.2) is 0 Å². The highest BCUT2D eigenvalue weighted by molar-refractivity contribution is 6.32. The zero-order valence-corrected chi connectivity index (χ0v) is 21.6. The molecule has 0 bridgehead atoms. The molecule has 2 amide bonds. The van der Waals surface area contributed by atoms with Crippen molar-refractivity contribution in [3.05, 3.63) is 69.2 Å². The summed E-state index contributed by atoms with van der Waals surface area (Å²) in [5.41, 5.74) is 2.32. The maximum atomic E-state index is 13.1. The van der Waals surface area contributed by atoms with E-state index < -0.39 is 5.41 Å². The summed E-state index contributed by atoms with van der Waals surface area (Å²) < 4.78 is 0. The molecule has 2 aliphatic heterocycles. The van der Waals surface area contributed by atoms with Crippen LogP contribution in [0.4, 0.5) is 0 Å². The van der Waals surface area contributed by atoms with Crippen LogP contribution in [0, 0.1) is 11.3 Å². The van der Waals surface area contributed by atoms with Gasteiger partial charge in [-0.05, 0) is 79.8 Å². The predicted octanol–water partition coefficient (Wildman–Crippen LogP) is 5.39. The van der Waals surface area contributed by atoms with Crippen molar-refractivity contribution in [2.45, 2.75) is 63.5 Å². The lowest BCUT2D eigenvalue weighted by Gasteiger charge is -2.46. The molecule has 0 radical (unpaired) electrons. The highest BCUT2D eigenvalue weighted by Crippen LogP contribution is 2.59. The van der Waals surface area contributed by atoms with Gasteiger partial charge in [0.2, 0.25) is 5.91 Å². The van der Waals surface area contributed by atoms with Crippen LogP contribution in [0.5, 0.6) is 0 Å². The average molecular weight is 515 g/mol. The van der Waals surface area contributed by atoms with Crippen molar-refractivity contribution in [1.82, 2.24) is 10.2 Å². The van der Waals surface area contributed by atoms with Gasteiger partial charge in [0, 0.05) is 40.7 Å². The third kappa shape index (κ3) is 4.36. The first kappa shape index (κ1) is 24.6. The highest BCUT2D eigenvalue weighted by Gasteiger charge is 2.57. The molecule has 0 unspecified atom stereocenters. The second-order valence-corrected chi connectivity index (χ2v) is 11.5. The number of rotatable bonds is 3. The Labute approximate surface area is 216 Å². The van der Waals surface area contributed by atoms with Crippen LogP contribution < -0.4 is 5.32 Å². The molecule has 35 heavy (non-hydrogen) atoms. The van der Waals surface area contributed by atoms with Gasteiger partial charge in [-0.2, -0.15) is 0 Å². The lowest BCUT2D eigenvalue weighted by Crippen LogP contribution is -2.42. The van der Waals surface area contributed by atoms with E-state index in [9.17, 15) is 14.7 Å². The van der Waals surface area contributed by atoms with Crippen molar-refractivity contribution < 1.29 is 14.7 Å². The number of benzene rings is 2. The minimum absolute atomic E-state index is 0.0463. The van der Waals surface area contributed by atoms with Gasteiger partial charge < -0.3 is 15.3 Å². The van der Waals surface area contributed by atoms with Crippen LogP contribution in [-0.4, -0.2) is 47.1 Å². The van der Waals surface area contributed by atoms with Gasteiger partial charge in [0.05, 0.1) is 11.5 Å². The Balaban J connectivity index is 1.49. The number of nitrogens with zero attached hydrogens (tertiary/aromatic N) is 1. The van der Waals surface area contributed by atoms with Crippen molar-refractivity contribution in [2.24, 2.45) is 11.3 Å². The van der Waals surface area contributed by atoms with Crippen LogP contribution in [-0.2, 0) is 4.79 Å². The summed E-state index contributed by atoms with van der Waals surface area (Å²) in [7, 11) is 0. The van der Waals surface area contributed by atoms with Gasteiger partial charge in [-0.3, -0.25) is 9.59 Å². The number of aliphatic hydroxyl groups excluding tert-OH is 1. The first-order chi connectivity index (χ1) is 16.7. The Morgan fingerprint density at radius 2 is 1.77 bits per heavy atom. The summed E-state index contributed by atoms with van der Waals surface area (Å²) in [5, 5.41) is 14.2. The molecule has 1 saturated carbocycles. The van der Waals surface area contributed by atoms with Crippen LogP contribution in [0.25, 0.3) is 0 Å². The van der Waals surface area contributed by atoms with Gasteiger partial charge in [0.15, 0.2) is 0 Å². The van der Waals surface area contributed by atoms with E-state index in [2.05, 4.69) is 31.3 Å². The number of amides is 2. The Morgan fingerprint density at radius 3 is 2.43 bits per heavy atom. The molecule has 5 nitrogen and oxygen atoms in total. The number of carbonyl (C=O) groups is 2. The van der Waals surface area contributed by atoms with Crippen LogP contribution in [0.1, 0.15) is 72.9 Å². The number of hydrogen-bond donors (Lipinski definition) is 2. The Morgan fingerprint density at radius 1 is 1.09 bits per heavy atom. The summed E-state index contributed by atoms with van der Waals surface area (Å²) in [6.07, 6.45) is 2.50. The van der Waals surface area contributed by atoms with Crippen molar-refractivity contribution in [3.8, 4) is 0 Å². The second kappa shape index (κ2) is 9.42. The first-order valence-corrected chi connectivity index (χ1v) is 13.3. The molecule has 2 heterocycles. The van der Waals surface area contributed by atoms with Crippen molar-refractivity contribution in [1.29, 1.82) is 0 Å². The van der Waals surface area contributed by atoms with E-state index in [-0.39, 0.29) is 41.7 Å². The molecular formula is C28H32Cl2N2O3. The van der Waals surface area contributed by atoms with E-state index in [0.29, 0.717) is 41.5 Å². The maximum Gasteiger partial charge on any atom is 0.253 e. The smallest absolute Gasteiger partial charge is 0.253 e. The molecule has 5 rings (SSSR count). The van der Waals surface area contributed by atoms with Crippen LogP contribution >= 0.6 is 23.2 Å². The van der Waals surface area contributed by atoms with E-state index in [4.69, 9.17) is 23.2 Å². The zero-order chi connectivity index (χ0) is 24.9. The summed E-state index contributed by atoms with van der Waals surface area (Å²) in [5.74, 6) is 0.405. The lowest BCUT2D eigenvalue weighted by molar-refractivity contribution is -0.129. The van der Waals surface area contributed by atoms with Crippen molar-refractivity contribution in [2.75, 3.05) is 13.1 Å². The summed E-state index contributed by atoms with van der Waals surface area (Å²) in [4.78, 5) is 27.8. The molecule has 1 aliphatic carbocycles. The third-order valence-electron chi connectivity index (χ3n) is 8.60. The SMILES string of the molecule is C[C@H]1NC(=O)[C@]2(C)CC[C@@H](c3ccc(C(=O)N4CCC(O)CC4)cc3Cl)[C@H](c3ccc(Cl)cc3)[C@H]12.